The number of nitrogens with zero attached hydrogens (tertiary/aromatic N) is 1. The highest BCUT2D eigenvalue weighted by molar-refractivity contribution is 5.68. The quantitative estimate of drug-likeness (QED) is 0.587. The van der Waals surface area contributed by atoms with Gasteiger partial charge in [-0.15, -0.1) is 0 Å². The fourth-order valence-corrected chi connectivity index (χ4v) is 1.30. The highest BCUT2D eigenvalue weighted by atomic mass is 16.5. The van der Waals surface area contributed by atoms with Crippen LogP contribution in [0.2, 0.25) is 0 Å². The number of nitrogens with one attached hydrogen (secondary N) is 1. The Balaban J connectivity index is 2.50. The molecule has 0 unspecified atom stereocenters. The summed E-state index contributed by atoms with van der Waals surface area (Å²) < 4.78 is 10.8. The van der Waals surface area contributed by atoms with Crippen LogP contribution in [0.25, 0.3) is 5.69 Å². The highest BCUT2D eigenvalue weighted by Gasteiger charge is 2.22. The van der Waals surface area contributed by atoms with E-state index in [2.05, 4.69) is 9.79 Å². The number of benzene rings is 1. The lowest BCUT2D eigenvalue weighted by Gasteiger charge is -1.96. The van der Waals surface area contributed by atoms with Gasteiger partial charge in [-0.05, 0) is 22.1 Å². The minimum atomic E-state index is -0.703. The molecule has 0 bridgehead atoms. The summed E-state index contributed by atoms with van der Waals surface area (Å²) in [4.78, 5) is 21.8. The molecule has 0 aliphatic carbocycles. The van der Waals surface area contributed by atoms with Crippen LogP contribution in [0, 0.1) is 0 Å². The Morgan fingerprint density at radius 1 is 1.38 bits per heavy atom. The molecule has 0 aliphatic heterocycles. The topological polar surface area (TPSA) is 76.2 Å². The summed E-state index contributed by atoms with van der Waals surface area (Å²) in [6, 6.07) is 6.80. The summed E-state index contributed by atoms with van der Waals surface area (Å²) >= 11 is 0. The van der Waals surface area contributed by atoms with Crippen LogP contribution >= 0.6 is 0 Å². The van der Waals surface area contributed by atoms with Gasteiger partial charge in [0.25, 0.3) is 0 Å². The van der Waals surface area contributed by atoms with Crippen LogP contribution in [0.5, 0.6) is 5.75 Å². The van der Waals surface area contributed by atoms with Gasteiger partial charge >= 0.3 is 11.3 Å². The predicted molar refractivity (Wildman–Crippen MR) is 52.8 cm³/mol. The summed E-state index contributed by atoms with van der Waals surface area (Å²) in [5.74, 6) is 0.683. The van der Waals surface area contributed by atoms with Gasteiger partial charge in [0, 0.05) is 12.1 Å². The highest BCUT2D eigenvalue weighted by Crippen LogP contribution is 2.10. The Labute approximate surface area is 90.0 Å². The number of carbonyl (C=O) groups is 1. The average Bonchev–Trinajstić information content (AvgIpc) is 2.70. The molecule has 1 heterocycles. The molecule has 0 atom stereocenters. The Morgan fingerprint density at radius 3 is 2.62 bits per heavy atom. The largest absolute Gasteiger partial charge is 0.497 e. The normalized spacial score (nSPS) is 10.1. The second-order valence-corrected chi connectivity index (χ2v) is 3.02. The lowest BCUT2D eigenvalue weighted by Crippen LogP contribution is -2.38. The molecule has 2 aromatic rings. The maximum atomic E-state index is 11.1. The van der Waals surface area contributed by atoms with E-state index in [1.165, 1.54) is 4.68 Å². The number of ether oxygens (including phenoxy) is 1. The second-order valence-electron chi connectivity index (χ2n) is 3.02. The standard InChI is InChI=1S/C10H8N2O4/c1-15-8-4-2-7(3-5-8)12-9(6-13)10(14)16-11-12/h2-6H,1H3/p+1. The summed E-state index contributed by atoms with van der Waals surface area (Å²) in [5, 5.41) is 2.34. The lowest BCUT2D eigenvalue weighted by atomic mass is 10.3. The van der Waals surface area contributed by atoms with Crippen LogP contribution < -0.4 is 15.0 Å². The molecule has 6 nitrogen and oxygen atoms in total. The monoisotopic (exact) mass is 221 g/mol. The predicted octanol–water partition coefficient (Wildman–Crippen LogP) is 0.0657. The van der Waals surface area contributed by atoms with Crippen molar-refractivity contribution in [3.63, 3.8) is 0 Å². The molecule has 0 amide bonds. The molecule has 0 aliphatic rings. The van der Waals surface area contributed by atoms with E-state index in [9.17, 15) is 9.59 Å². The molecule has 1 N–H and O–H groups in total. The van der Waals surface area contributed by atoms with Crippen LogP contribution in [-0.2, 0) is 0 Å². The zero-order valence-electron chi connectivity index (χ0n) is 8.47. The van der Waals surface area contributed by atoms with E-state index in [0.717, 1.165) is 0 Å². The number of hydrogen-bond acceptors (Lipinski definition) is 4. The molecule has 6 heteroatoms. The van der Waals surface area contributed by atoms with Crippen LogP contribution in [0.1, 0.15) is 10.5 Å². The molecule has 16 heavy (non-hydrogen) atoms. The van der Waals surface area contributed by atoms with E-state index in [4.69, 9.17) is 4.74 Å². The van der Waals surface area contributed by atoms with Crippen LogP contribution in [-0.4, -0.2) is 18.7 Å². The van der Waals surface area contributed by atoms with Crippen molar-refractivity contribution in [2.24, 2.45) is 0 Å². The van der Waals surface area contributed by atoms with Gasteiger partial charge in [-0.25, -0.2) is 4.79 Å². The van der Waals surface area contributed by atoms with Gasteiger partial charge in [-0.2, -0.15) is 0 Å². The number of aromatic amines is 1. The summed E-state index contributed by atoms with van der Waals surface area (Å²) in [7, 11) is 1.55. The SMILES string of the molecule is COc1ccc(-[n+]2[nH]oc(=O)c2C=O)cc1. The van der Waals surface area contributed by atoms with E-state index in [1.807, 2.05) is 0 Å². The third kappa shape index (κ3) is 1.60. The fourth-order valence-electron chi connectivity index (χ4n) is 1.30. The minimum absolute atomic E-state index is 0.0924. The van der Waals surface area contributed by atoms with Gasteiger partial charge in [0.15, 0.2) is 0 Å². The van der Waals surface area contributed by atoms with Crippen LogP contribution in [0.15, 0.2) is 33.6 Å². The maximum absolute atomic E-state index is 11.1. The Hall–Kier alpha value is -2.37. The molecular formula is C10H9N2O4+. The number of H-pyrrole nitrogens is 1. The lowest BCUT2D eigenvalue weighted by molar-refractivity contribution is -0.671. The third-order valence-electron chi connectivity index (χ3n) is 2.12. The maximum Gasteiger partial charge on any atom is 0.438 e. The first-order valence-corrected chi connectivity index (χ1v) is 4.49. The Morgan fingerprint density at radius 2 is 2.06 bits per heavy atom. The van der Waals surface area contributed by atoms with Crippen LogP contribution in [0.3, 0.4) is 0 Å². The van der Waals surface area contributed by atoms with Crippen molar-refractivity contribution < 1.29 is 18.7 Å². The molecule has 0 radical (unpaired) electrons. The van der Waals surface area contributed by atoms with Crippen LogP contribution in [0.4, 0.5) is 0 Å². The van der Waals surface area contributed by atoms with Gasteiger partial charge in [0.05, 0.1) is 7.11 Å². The van der Waals surface area contributed by atoms with Gasteiger partial charge in [0.1, 0.15) is 5.75 Å². The third-order valence-corrected chi connectivity index (χ3v) is 2.12. The molecule has 1 aromatic carbocycles. The first-order valence-electron chi connectivity index (χ1n) is 4.49. The molecule has 0 saturated heterocycles. The fraction of sp³-hybridized carbons (Fsp3) is 0.100. The molecule has 0 fully saturated rings. The number of carbonyl (C=O) groups excluding carboxylic acids is 1. The first kappa shape index (κ1) is 10.2. The first-order chi connectivity index (χ1) is 7.76. The van der Waals surface area contributed by atoms with Gasteiger partial charge in [-0.1, -0.05) is 0 Å². The number of hydrogen-bond donors (Lipinski definition) is 1. The van der Waals surface area contributed by atoms with Gasteiger partial charge in [-0.3, -0.25) is 9.32 Å². The smallest absolute Gasteiger partial charge is 0.438 e. The van der Waals surface area contributed by atoms with Gasteiger partial charge < -0.3 is 4.74 Å². The van der Waals surface area contributed by atoms with Crippen molar-refractivity contribution in [1.82, 2.24) is 5.27 Å². The second kappa shape index (κ2) is 4.01. The number of aldehydes is 1. The zero-order valence-corrected chi connectivity index (χ0v) is 8.47. The van der Waals surface area contributed by atoms with Gasteiger partial charge in [0.2, 0.25) is 12.0 Å². The molecule has 0 saturated carbocycles. The number of aromatic nitrogens is 2. The van der Waals surface area contributed by atoms with E-state index in [0.29, 0.717) is 17.7 Å². The Kier molecular flexibility index (Phi) is 2.55. The summed E-state index contributed by atoms with van der Waals surface area (Å²) in [6.07, 6.45) is 0.437. The molecule has 0 spiro atoms. The molecule has 2 rings (SSSR count). The van der Waals surface area contributed by atoms with Crippen molar-refractivity contribution in [1.29, 1.82) is 0 Å². The summed E-state index contributed by atoms with van der Waals surface area (Å²) in [5.41, 5.74) is -0.190. The molecule has 1 aromatic heterocycles. The van der Waals surface area contributed by atoms with E-state index in [1.54, 1.807) is 31.4 Å². The van der Waals surface area contributed by atoms with Crippen molar-refractivity contribution in [2.45, 2.75) is 0 Å². The van der Waals surface area contributed by atoms with Crippen molar-refractivity contribution in [3.8, 4) is 11.4 Å². The average molecular weight is 221 g/mol. The van der Waals surface area contributed by atoms with E-state index < -0.39 is 5.63 Å². The van der Waals surface area contributed by atoms with Crippen molar-refractivity contribution >= 4 is 6.29 Å². The van der Waals surface area contributed by atoms with E-state index in [-0.39, 0.29) is 5.69 Å². The number of methoxy groups -OCH3 is 1. The zero-order chi connectivity index (χ0) is 11.5. The molecule has 82 valence electrons. The number of rotatable bonds is 3. The Bertz CT molecular complexity index is 553. The van der Waals surface area contributed by atoms with E-state index >= 15 is 0 Å². The van der Waals surface area contributed by atoms with Crippen molar-refractivity contribution in [3.05, 3.63) is 40.4 Å². The minimum Gasteiger partial charge on any atom is -0.497 e. The molecular weight excluding hydrogens is 212 g/mol. The summed E-state index contributed by atoms with van der Waals surface area (Å²) in [6.45, 7) is 0. The van der Waals surface area contributed by atoms with Crippen molar-refractivity contribution in [2.75, 3.05) is 7.11 Å².